The normalized spacial score (nSPS) is 13.8. The summed E-state index contributed by atoms with van der Waals surface area (Å²) in [7, 11) is 0. The van der Waals surface area contributed by atoms with Crippen molar-refractivity contribution >= 4 is 23.2 Å². The van der Waals surface area contributed by atoms with Gasteiger partial charge in [0.15, 0.2) is 0 Å². The van der Waals surface area contributed by atoms with E-state index in [4.69, 9.17) is 23.2 Å². The molecule has 0 saturated heterocycles. The van der Waals surface area contributed by atoms with Gasteiger partial charge >= 0.3 is 0 Å². The maximum absolute atomic E-state index is 6.03. The Kier molecular flexibility index (Phi) is 10.7. The van der Waals surface area contributed by atoms with E-state index in [1.807, 2.05) is 12.2 Å². The Balaban J connectivity index is 3.16. The quantitative estimate of drug-likeness (QED) is 0.316. The predicted octanol–water partition coefficient (Wildman–Crippen LogP) is 4.75. The number of allylic oxidation sites excluding steroid dienone is 2. The molecule has 0 saturated carbocycles. The van der Waals surface area contributed by atoms with Gasteiger partial charge in [-0.15, -0.1) is 23.2 Å². The van der Waals surface area contributed by atoms with E-state index in [1.54, 1.807) is 0 Å². The highest BCUT2D eigenvalue weighted by Crippen LogP contribution is 2.12. The summed E-state index contributed by atoms with van der Waals surface area (Å²) < 4.78 is 0. The molecule has 0 nitrogen and oxygen atoms in total. The second kappa shape index (κ2) is 10.4. The van der Waals surface area contributed by atoms with Gasteiger partial charge in [-0.2, -0.15) is 0 Å². The average molecular weight is 223 g/mol. The molecule has 78 valence electrons. The predicted molar refractivity (Wildman–Crippen MR) is 62.9 cm³/mol. The number of halogens is 2. The molecule has 0 aliphatic rings. The van der Waals surface area contributed by atoms with Crippen molar-refractivity contribution in [2.24, 2.45) is 0 Å². The number of hydrogen-bond acceptors (Lipinski definition) is 0. The second-order valence-electron chi connectivity index (χ2n) is 3.30. The Bertz CT molecular complexity index is 121. The molecule has 0 aliphatic heterocycles. The van der Waals surface area contributed by atoms with E-state index in [0.717, 1.165) is 6.42 Å². The van der Waals surface area contributed by atoms with E-state index >= 15 is 0 Å². The van der Waals surface area contributed by atoms with Crippen molar-refractivity contribution < 1.29 is 0 Å². The first-order chi connectivity index (χ1) is 6.31. The minimum absolute atomic E-state index is 0.181. The molecule has 0 aromatic carbocycles. The van der Waals surface area contributed by atoms with Crippen LogP contribution in [0.15, 0.2) is 12.2 Å². The van der Waals surface area contributed by atoms with Gasteiger partial charge in [-0.3, -0.25) is 0 Å². The zero-order valence-corrected chi connectivity index (χ0v) is 9.95. The lowest BCUT2D eigenvalue weighted by molar-refractivity contribution is 0.613. The van der Waals surface area contributed by atoms with Crippen molar-refractivity contribution in [1.82, 2.24) is 0 Å². The van der Waals surface area contributed by atoms with Crippen molar-refractivity contribution in [2.45, 2.75) is 50.8 Å². The molecule has 2 heteroatoms. The summed E-state index contributed by atoms with van der Waals surface area (Å²) in [5.41, 5.74) is 0. The zero-order chi connectivity index (χ0) is 9.94. The Morgan fingerprint density at radius 1 is 1.15 bits per heavy atom. The molecule has 0 bridgehead atoms. The van der Waals surface area contributed by atoms with Crippen LogP contribution in [0.1, 0.15) is 45.4 Å². The van der Waals surface area contributed by atoms with Crippen molar-refractivity contribution in [3.8, 4) is 0 Å². The smallest absolute Gasteiger partial charge is 0.0516 e. The first-order valence-electron chi connectivity index (χ1n) is 5.18. The number of alkyl halides is 2. The summed E-state index contributed by atoms with van der Waals surface area (Å²) in [5, 5.41) is 0.181. The van der Waals surface area contributed by atoms with Gasteiger partial charge in [0.2, 0.25) is 0 Å². The highest BCUT2D eigenvalue weighted by atomic mass is 35.5. The van der Waals surface area contributed by atoms with Gasteiger partial charge in [0.25, 0.3) is 0 Å². The van der Waals surface area contributed by atoms with Crippen LogP contribution in [0, 0.1) is 0 Å². The fourth-order valence-electron chi connectivity index (χ4n) is 1.24. The molecular formula is C11H20Cl2. The standard InChI is InChI=1S/C11H20Cl2/c1-2-3-4-5-6-8-11(13)9-7-10-12/h7,9,11H,2-6,8,10H2,1H3. The first kappa shape index (κ1) is 13.3. The lowest BCUT2D eigenvalue weighted by Gasteiger charge is -2.03. The summed E-state index contributed by atoms with van der Waals surface area (Å²) in [6, 6.07) is 0. The molecule has 0 aromatic rings. The monoisotopic (exact) mass is 222 g/mol. The molecule has 0 aromatic heterocycles. The van der Waals surface area contributed by atoms with E-state index in [9.17, 15) is 0 Å². The number of hydrogen-bond donors (Lipinski definition) is 0. The largest absolute Gasteiger partial charge is 0.122 e. The summed E-state index contributed by atoms with van der Waals surface area (Å²) in [4.78, 5) is 0. The van der Waals surface area contributed by atoms with Gasteiger partial charge in [-0.05, 0) is 6.42 Å². The van der Waals surface area contributed by atoms with Gasteiger partial charge in [0.1, 0.15) is 0 Å². The Morgan fingerprint density at radius 2 is 1.85 bits per heavy atom. The Morgan fingerprint density at radius 3 is 2.46 bits per heavy atom. The van der Waals surface area contributed by atoms with E-state index in [2.05, 4.69) is 6.92 Å². The molecular weight excluding hydrogens is 203 g/mol. The summed E-state index contributed by atoms with van der Waals surface area (Å²) in [5.74, 6) is 0.569. The van der Waals surface area contributed by atoms with Gasteiger partial charge < -0.3 is 0 Å². The minimum atomic E-state index is 0.181. The molecule has 1 atom stereocenters. The van der Waals surface area contributed by atoms with Gasteiger partial charge in [0.05, 0.1) is 5.38 Å². The van der Waals surface area contributed by atoms with E-state index in [0.29, 0.717) is 5.88 Å². The molecule has 0 fully saturated rings. The molecule has 0 spiro atoms. The first-order valence-corrected chi connectivity index (χ1v) is 6.15. The summed E-state index contributed by atoms with van der Waals surface area (Å²) >= 11 is 11.5. The third-order valence-corrected chi connectivity index (χ3v) is 2.56. The van der Waals surface area contributed by atoms with Crippen molar-refractivity contribution in [3.63, 3.8) is 0 Å². The van der Waals surface area contributed by atoms with Crippen molar-refractivity contribution in [3.05, 3.63) is 12.2 Å². The van der Waals surface area contributed by atoms with Crippen LogP contribution in [0.5, 0.6) is 0 Å². The van der Waals surface area contributed by atoms with Crippen LogP contribution in [0.25, 0.3) is 0 Å². The second-order valence-corrected chi connectivity index (χ2v) is 4.17. The lowest BCUT2D eigenvalue weighted by atomic mass is 10.1. The molecule has 1 unspecified atom stereocenters. The molecule has 0 amide bonds. The zero-order valence-electron chi connectivity index (χ0n) is 8.44. The highest BCUT2D eigenvalue weighted by Gasteiger charge is 1.98. The third kappa shape index (κ3) is 10.2. The maximum Gasteiger partial charge on any atom is 0.0516 e. The lowest BCUT2D eigenvalue weighted by Crippen LogP contribution is -1.93. The van der Waals surface area contributed by atoms with Crippen LogP contribution in [0.2, 0.25) is 0 Å². The summed E-state index contributed by atoms with van der Waals surface area (Å²) in [6.45, 7) is 2.23. The van der Waals surface area contributed by atoms with Crippen LogP contribution in [-0.2, 0) is 0 Å². The third-order valence-electron chi connectivity index (χ3n) is 2.02. The highest BCUT2D eigenvalue weighted by molar-refractivity contribution is 6.22. The molecule has 0 aliphatic carbocycles. The average Bonchev–Trinajstić information content (AvgIpc) is 2.14. The Labute approximate surface area is 92.3 Å². The van der Waals surface area contributed by atoms with E-state index in [-0.39, 0.29) is 5.38 Å². The van der Waals surface area contributed by atoms with Crippen LogP contribution in [0.4, 0.5) is 0 Å². The van der Waals surface area contributed by atoms with Crippen LogP contribution in [-0.4, -0.2) is 11.3 Å². The SMILES string of the molecule is CCCCCCCC(Cl)C=CCCl. The number of unbranched alkanes of at least 4 members (excludes halogenated alkanes) is 4. The van der Waals surface area contributed by atoms with Crippen LogP contribution in [0.3, 0.4) is 0 Å². The van der Waals surface area contributed by atoms with Gasteiger partial charge in [-0.25, -0.2) is 0 Å². The van der Waals surface area contributed by atoms with Gasteiger partial charge in [0, 0.05) is 5.88 Å². The van der Waals surface area contributed by atoms with Crippen molar-refractivity contribution in [1.29, 1.82) is 0 Å². The van der Waals surface area contributed by atoms with E-state index in [1.165, 1.54) is 32.1 Å². The van der Waals surface area contributed by atoms with Crippen LogP contribution >= 0.6 is 23.2 Å². The van der Waals surface area contributed by atoms with Crippen LogP contribution < -0.4 is 0 Å². The molecule has 0 rings (SSSR count). The summed E-state index contributed by atoms with van der Waals surface area (Å²) in [6.07, 6.45) is 11.5. The fourth-order valence-corrected chi connectivity index (χ4v) is 1.60. The molecule has 0 N–H and O–H groups in total. The molecule has 0 heterocycles. The minimum Gasteiger partial charge on any atom is -0.122 e. The number of rotatable bonds is 8. The topological polar surface area (TPSA) is 0 Å². The van der Waals surface area contributed by atoms with E-state index < -0.39 is 0 Å². The maximum atomic E-state index is 6.03. The molecule has 0 radical (unpaired) electrons. The van der Waals surface area contributed by atoms with Gasteiger partial charge in [-0.1, -0.05) is 51.2 Å². The van der Waals surface area contributed by atoms with Crippen molar-refractivity contribution in [2.75, 3.05) is 5.88 Å². The molecule has 13 heavy (non-hydrogen) atoms. The Hall–Kier alpha value is 0.320. The fraction of sp³-hybridized carbons (Fsp3) is 0.818.